The van der Waals surface area contributed by atoms with E-state index in [0.29, 0.717) is 6.42 Å². The Labute approximate surface area is 112 Å². The summed E-state index contributed by atoms with van der Waals surface area (Å²) in [6.45, 7) is 1.87. The van der Waals surface area contributed by atoms with Crippen molar-refractivity contribution >= 4 is 17.7 Å². The monoisotopic (exact) mass is 265 g/mol. The summed E-state index contributed by atoms with van der Waals surface area (Å²) in [5.74, 6) is -0.137. The summed E-state index contributed by atoms with van der Waals surface area (Å²) >= 11 is 1.87. The van der Waals surface area contributed by atoms with E-state index in [2.05, 4.69) is 12.1 Å². The van der Waals surface area contributed by atoms with Crippen molar-refractivity contribution in [3.05, 3.63) is 29.3 Å². The van der Waals surface area contributed by atoms with Gasteiger partial charge in [-0.2, -0.15) is 0 Å². The Bertz CT molecular complexity index is 447. The van der Waals surface area contributed by atoms with Crippen molar-refractivity contribution in [1.29, 1.82) is 0 Å². The first-order chi connectivity index (χ1) is 8.63. The van der Waals surface area contributed by atoms with E-state index in [-0.39, 0.29) is 0 Å². The summed E-state index contributed by atoms with van der Waals surface area (Å²) in [5.41, 5.74) is 8.36. The van der Waals surface area contributed by atoms with E-state index in [1.54, 1.807) is 0 Å². The Balaban J connectivity index is 2.25. The lowest BCUT2D eigenvalue weighted by Gasteiger charge is -2.22. The maximum Gasteiger partial charge on any atom is 0.308 e. The lowest BCUT2D eigenvalue weighted by Crippen LogP contribution is -2.27. The van der Waals surface area contributed by atoms with Crippen LogP contribution in [0.25, 0.3) is 0 Å². The Morgan fingerprint density at radius 1 is 1.56 bits per heavy atom. The molecular formula is C14H19NO2S. The van der Waals surface area contributed by atoms with Gasteiger partial charge in [0.05, 0.1) is 5.92 Å². The summed E-state index contributed by atoms with van der Waals surface area (Å²) in [5, 5.41) is 9.16. The molecular weight excluding hydrogens is 246 g/mol. The van der Waals surface area contributed by atoms with Gasteiger partial charge < -0.3 is 10.8 Å². The highest BCUT2D eigenvalue weighted by atomic mass is 32.2. The number of nitrogens with two attached hydrogens (primary N) is 1. The topological polar surface area (TPSA) is 63.3 Å². The first-order valence-corrected chi connectivity index (χ1v) is 7.36. The molecule has 4 heteroatoms. The summed E-state index contributed by atoms with van der Waals surface area (Å²) in [6.07, 6.45) is 2.82. The molecule has 0 aromatic heterocycles. The SMILES string of the molecule is CCC(C(=O)O)C(N)c1ccc2c(c1)CCCS2. The number of carbonyl (C=O) groups is 1. The Morgan fingerprint density at radius 2 is 2.33 bits per heavy atom. The lowest BCUT2D eigenvalue weighted by molar-refractivity contribution is -0.142. The first-order valence-electron chi connectivity index (χ1n) is 6.37. The maximum atomic E-state index is 11.1. The van der Waals surface area contributed by atoms with Gasteiger partial charge in [0.2, 0.25) is 0 Å². The molecule has 1 aliphatic heterocycles. The highest BCUT2D eigenvalue weighted by Gasteiger charge is 2.25. The molecule has 0 saturated heterocycles. The third-order valence-electron chi connectivity index (χ3n) is 3.51. The quantitative estimate of drug-likeness (QED) is 0.878. The van der Waals surface area contributed by atoms with Crippen LogP contribution in [-0.2, 0) is 11.2 Å². The molecule has 1 aromatic carbocycles. The van der Waals surface area contributed by atoms with Crippen LogP contribution < -0.4 is 5.73 Å². The minimum Gasteiger partial charge on any atom is -0.481 e. The van der Waals surface area contributed by atoms with Gasteiger partial charge in [-0.25, -0.2) is 0 Å². The smallest absolute Gasteiger partial charge is 0.308 e. The fourth-order valence-corrected chi connectivity index (χ4v) is 3.42. The van der Waals surface area contributed by atoms with Crippen LogP contribution in [0.3, 0.4) is 0 Å². The molecule has 0 fully saturated rings. The van der Waals surface area contributed by atoms with Crippen molar-refractivity contribution in [3.63, 3.8) is 0 Å². The van der Waals surface area contributed by atoms with Crippen molar-refractivity contribution in [2.75, 3.05) is 5.75 Å². The zero-order valence-corrected chi connectivity index (χ0v) is 11.4. The second kappa shape index (κ2) is 5.76. The molecule has 2 atom stereocenters. The second-order valence-corrected chi connectivity index (χ2v) is 5.83. The molecule has 0 spiro atoms. The van der Waals surface area contributed by atoms with E-state index >= 15 is 0 Å². The minimum atomic E-state index is -0.808. The van der Waals surface area contributed by atoms with Crippen LogP contribution in [0.4, 0.5) is 0 Å². The van der Waals surface area contributed by atoms with Gasteiger partial charge in [0.15, 0.2) is 0 Å². The number of aryl methyl sites for hydroxylation is 1. The van der Waals surface area contributed by atoms with Gasteiger partial charge in [0.1, 0.15) is 0 Å². The summed E-state index contributed by atoms with van der Waals surface area (Å²) < 4.78 is 0. The molecule has 0 aliphatic carbocycles. The number of benzene rings is 1. The number of thioether (sulfide) groups is 1. The molecule has 0 saturated carbocycles. The van der Waals surface area contributed by atoms with Crippen LogP contribution in [-0.4, -0.2) is 16.8 Å². The molecule has 18 heavy (non-hydrogen) atoms. The highest BCUT2D eigenvalue weighted by molar-refractivity contribution is 7.99. The standard InChI is InChI=1S/C14H19NO2S/c1-2-11(14(16)17)13(15)10-5-6-12-9(8-10)4-3-7-18-12/h5-6,8,11,13H,2-4,7,15H2,1H3,(H,16,17). The number of aliphatic carboxylic acids is 1. The third kappa shape index (κ3) is 2.70. The molecule has 0 radical (unpaired) electrons. The van der Waals surface area contributed by atoms with E-state index in [1.807, 2.05) is 24.8 Å². The van der Waals surface area contributed by atoms with Gasteiger partial charge in [-0.15, -0.1) is 11.8 Å². The van der Waals surface area contributed by atoms with Gasteiger partial charge in [0, 0.05) is 10.9 Å². The normalized spacial score (nSPS) is 17.9. The van der Waals surface area contributed by atoms with E-state index in [4.69, 9.17) is 10.8 Å². The van der Waals surface area contributed by atoms with Crippen LogP contribution in [0.1, 0.15) is 36.9 Å². The number of carboxylic acids is 1. The zero-order valence-electron chi connectivity index (χ0n) is 10.6. The van der Waals surface area contributed by atoms with Gasteiger partial charge in [0.25, 0.3) is 0 Å². The Morgan fingerprint density at radius 3 is 3.00 bits per heavy atom. The number of hydrogen-bond donors (Lipinski definition) is 2. The van der Waals surface area contributed by atoms with Crippen molar-refractivity contribution < 1.29 is 9.90 Å². The Kier molecular flexibility index (Phi) is 4.30. The first kappa shape index (κ1) is 13.4. The summed E-state index contributed by atoms with van der Waals surface area (Å²) in [7, 11) is 0. The number of fused-ring (bicyclic) bond motifs is 1. The fraction of sp³-hybridized carbons (Fsp3) is 0.500. The van der Waals surface area contributed by atoms with E-state index in [0.717, 1.165) is 12.0 Å². The average molecular weight is 265 g/mol. The largest absolute Gasteiger partial charge is 0.481 e. The molecule has 0 bridgehead atoms. The molecule has 2 rings (SSSR count). The summed E-state index contributed by atoms with van der Waals surface area (Å²) in [6, 6.07) is 5.75. The molecule has 98 valence electrons. The van der Waals surface area contributed by atoms with E-state index in [9.17, 15) is 4.79 Å². The van der Waals surface area contributed by atoms with Gasteiger partial charge in [-0.3, -0.25) is 4.79 Å². The van der Waals surface area contributed by atoms with Crippen molar-refractivity contribution in [3.8, 4) is 0 Å². The lowest BCUT2D eigenvalue weighted by atomic mass is 9.90. The molecule has 1 aliphatic rings. The summed E-state index contributed by atoms with van der Waals surface area (Å²) in [4.78, 5) is 12.5. The predicted octanol–water partition coefficient (Wildman–Crippen LogP) is 2.84. The fourth-order valence-electron chi connectivity index (χ4n) is 2.40. The number of hydrogen-bond acceptors (Lipinski definition) is 3. The van der Waals surface area contributed by atoms with Crippen molar-refractivity contribution in [2.24, 2.45) is 11.7 Å². The highest BCUT2D eigenvalue weighted by Crippen LogP contribution is 2.33. The van der Waals surface area contributed by atoms with Gasteiger partial charge in [-0.05, 0) is 42.2 Å². The van der Waals surface area contributed by atoms with Crippen LogP contribution in [0.2, 0.25) is 0 Å². The van der Waals surface area contributed by atoms with Crippen LogP contribution in [0.5, 0.6) is 0 Å². The van der Waals surface area contributed by atoms with E-state index < -0.39 is 17.9 Å². The molecule has 3 N–H and O–H groups in total. The maximum absolute atomic E-state index is 11.1. The van der Waals surface area contributed by atoms with E-state index in [1.165, 1.54) is 22.6 Å². The zero-order chi connectivity index (χ0) is 13.1. The third-order valence-corrected chi connectivity index (χ3v) is 4.71. The van der Waals surface area contributed by atoms with Crippen molar-refractivity contribution in [1.82, 2.24) is 0 Å². The van der Waals surface area contributed by atoms with Crippen LogP contribution in [0, 0.1) is 5.92 Å². The minimum absolute atomic E-state index is 0.412. The van der Waals surface area contributed by atoms with Crippen LogP contribution in [0.15, 0.2) is 23.1 Å². The molecule has 3 nitrogen and oxygen atoms in total. The average Bonchev–Trinajstić information content (AvgIpc) is 2.38. The van der Waals surface area contributed by atoms with Crippen molar-refractivity contribution in [2.45, 2.75) is 37.1 Å². The molecule has 1 aromatic rings. The number of rotatable bonds is 4. The predicted molar refractivity (Wildman–Crippen MR) is 73.8 cm³/mol. The molecule has 2 unspecified atom stereocenters. The Hall–Kier alpha value is -1.00. The number of carboxylic acid groups (broad SMARTS) is 1. The van der Waals surface area contributed by atoms with Gasteiger partial charge >= 0.3 is 5.97 Å². The van der Waals surface area contributed by atoms with Crippen LogP contribution >= 0.6 is 11.8 Å². The second-order valence-electron chi connectivity index (χ2n) is 4.70. The van der Waals surface area contributed by atoms with Gasteiger partial charge in [-0.1, -0.05) is 19.1 Å². The molecule has 1 heterocycles. The molecule has 0 amide bonds.